The van der Waals surface area contributed by atoms with Gasteiger partial charge in [0.15, 0.2) is 0 Å². The molecule has 1 heteroatoms. The Kier molecular flexibility index (Phi) is 9.59. The van der Waals surface area contributed by atoms with E-state index in [-0.39, 0.29) is 6.10 Å². The summed E-state index contributed by atoms with van der Waals surface area (Å²) in [4.78, 5) is 0. The number of unbranched alkanes of at least 4 members (excludes halogenated alkanes) is 6. The van der Waals surface area contributed by atoms with Crippen molar-refractivity contribution < 1.29 is 5.11 Å². The van der Waals surface area contributed by atoms with E-state index < -0.39 is 0 Å². The van der Waals surface area contributed by atoms with Gasteiger partial charge in [-0.3, -0.25) is 0 Å². The maximum Gasteiger partial charge on any atom is 0.0568 e. The first-order valence-corrected chi connectivity index (χ1v) is 8.96. The minimum Gasteiger partial charge on any atom is -0.393 e. The maximum atomic E-state index is 10.2. The minimum absolute atomic E-state index is 0.00789. The summed E-state index contributed by atoms with van der Waals surface area (Å²) < 4.78 is 0. The second kappa shape index (κ2) is 10.7. The van der Waals surface area contributed by atoms with Gasteiger partial charge in [0.2, 0.25) is 0 Å². The Morgan fingerprint density at radius 3 is 2.05 bits per heavy atom. The third-order valence-corrected chi connectivity index (χ3v) is 4.95. The SMILES string of the molecule is CCCCCCC1CCC(O)C(CCCCCC)C1. The zero-order chi connectivity index (χ0) is 13.9. The van der Waals surface area contributed by atoms with Gasteiger partial charge in [-0.25, -0.2) is 0 Å². The fourth-order valence-electron chi connectivity index (χ4n) is 3.61. The van der Waals surface area contributed by atoms with Crippen LogP contribution < -0.4 is 0 Å². The number of hydrogen-bond acceptors (Lipinski definition) is 1. The average molecular weight is 268 g/mol. The van der Waals surface area contributed by atoms with Crippen molar-refractivity contribution >= 4 is 0 Å². The predicted molar refractivity (Wildman–Crippen MR) is 84.4 cm³/mol. The zero-order valence-electron chi connectivity index (χ0n) is 13.4. The van der Waals surface area contributed by atoms with E-state index in [1.807, 2.05) is 0 Å². The largest absolute Gasteiger partial charge is 0.393 e. The molecule has 1 saturated carbocycles. The maximum absolute atomic E-state index is 10.2. The van der Waals surface area contributed by atoms with Crippen molar-refractivity contribution in [3.8, 4) is 0 Å². The van der Waals surface area contributed by atoms with E-state index in [0.717, 1.165) is 12.3 Å². The van der Waals surface area contributed by atoms with Crippen molar-refractivity contribution in [2.75, 3.05) is 0 Å². The molecule has 0 amide bonds. The Labute approximate surface area is 121 Å². The Morgan fingerprint density at radius 2 is 1.42 bits per heavy atom. The molecule has 3 unspecified atom stereocenters. The molecule has 3 atom stereocenters. The number of rotatable bonds is 10. The lowest BCUT2D eigenvalue weighted by molar-refractivity contribution is 0.0402. The van der Waals surface area contributed by atoms with Crippen LogP contribution in [0.25, 0.3) is 0 Å². The standard InChI is InChI=1S/C18H36O/c1-3-5-7-9-11-16-13-14-18(19)17(15-16)12-10-8-6-4-2/h16-19H,3-15H2,1-2H3. The van der Waals surface area contributed by atoms with Crippen LogP contribution >= 0.6 is 0 Å². The highest BCUT2D eigenvalue weighted by molar-refractivity contribution is 4.79. The van der Waals surface area contributed by atoms with Crippen LogP contribution in [-0.2, 0) is 0 Å². The van der Waals surface area contributed by atoms with Crippen LogP contribution in [0.2, 0.25) is 0 Å². The molecule has 1 aliphatic rings. The van der Waals surface area contributed by atoms with Crippen LogP contribution in [0, 0.1) is 11.8 Å². The lowest BCUT2D eigenvalue weighted by Crippen LogP contribution is -2.29. The number of hydrogen-bond donors (Lipinski definition) is 1. The van der Waals surface area contributed by atoms with Gasteiger partial charge in [-0.2, -0.15) is 0 Å². The summed E-state index contributed by atoms with van der Waals surface area (Å²) in [6.07, 6.45) is 17.3. The Balaban J connectivity index is 2.16. The van der Waals surface area contributed by atoms with Crippen LogP contribution in [0.4, 0.5) is 0 Å². The van der Waals surface area contributed by atoms with Crippen molar-refractivity contribution in [2.45, 2.75) is 103 Å². The summed E-state index contributed by atoms with van der Waals surface area (Å²) in [7, 11) is 0. The summed E-state index contributed by atoms with van der Waals surface area (Å²) >= 11 is 0. The van der Waals surface area contributed by atoms with Gasteiger partial charge < -0.3 is 5.11 Å². The first-order chi connectivity index (χ1) is 9.27. The highest BCUT2D eigenvalue weighted by atomic mass is 16.3. The summed E-state index contributed by atoms with van der Waals surface area (Å²) in [5, 5.41) is 10.2. The molecule has 0 heterocycles. The van der Waals surface area contributed by atoms with E-state index in [2.05, 4.69) is 13.8 Å². The smallest absolute Gasteiger partial charge is 0.0568 e. The Bertz CT molecular complexity index is 202. The van der Waals surface area contributed by atoms with Crippen molar-refractivity contribution in [2.24, 2.45) is 11.8 Å². The normalized spacial score (nSPS) is 27.6. The van der Waals surface area contributed by atoms with Gasteiger partial charge in [0.1, 0.15) is 0 Å². The molecular weight excluding hydrogens is 232 g/mol. The predicted octanol–water partition coefficient (Wildman–Crippen LogP) is 5.70. The molecule has 1 nitrogen and oxygen atoms in total. The molecule has 0 saturated heterocycles. The van der Waals surface area contributed by atoms with Gasteiger partial charge in [-0.15, -0.1) is 0 Å². The zero-order valence-corrected chi connectivity index (χ0v) is 13.4. The molecule has 1 fully saturated rings. The second-order valence-corrected chi connectivity index (χ2v) is 6.71. The molecule has 0 aliphatic heterocycles. The van der Waals surface area contributed by atoms with Crippen LogP contribution in [0.1, 0.15) is 97.3 Å². The minimum atomic E-state index is 0.00789. The molecule has 114 valence electrons. The summed E-state index contributed by atoms with van der Waals surface area (Å²) in [6, 6.07) is 0. The molecule has 1 rings (SSSR count). The van der Waals surface area contributed by atoms with Crippen LogP contribution in [0.3, 0.4) is 0 Å². The topological polar surface area (TPSA) is 20.2 Å². The molecule has 0 aromatic carbocycles. The van der Waals surface area contributed by atoms with Gasteiger partial charge in [-0.1, -0.05) is 71.6 Å². The number of aliphatic hydroxyl groups is 1. The summed E-state index contributed by atoms with van der Waals surface area (Å²) in [5.41, 5.74) is 0. The van der Waals surface area contributed by atoms with E-state index in [1.165, 1.54) is 77.0 Å². The van der Waals surface area contributed by atoms with E-state index in [4.69, 9.17) is 0 Å². The van der Waals surface area contributed by atoms with Gasteiger partial charge in [0.25, 0.3) is 0 Å². The van der Waals surface area contributed by atoms with Crippen molar-refractivity contribution in [3.05, 3.63) is 0 Å². The first kappa shape index (κ1) is 17.0. The van der Waals surface area contributed by atoms with Crippen LogP contribution in [0.5, 0.6) is 0 Å². The highest BCUT2D eigenvalue weighted by Gasteiger charge is 2.28. The van der Waals surface area contributed by atoms with Gasteiger partial charge >= 0.3 is 0 Å². The second-order valence-electron chi connectivity index (χ2n) is 6.71. The van der Waals surface area contributed by atoms with Crippen molar-refractivity contribution in [1.82, 2.24) is 0 Å². The third kappa shape index (κ3) is 7.34. The first-order valence-electron chi connectivity index (χ1n) is 8.96. The van der Waals surface area contributed by atoms with E-state index in [1.54, 1.807) is 0 Å². The van der Waals surface area contributed by atoms with Crippen LogP contribution in [-0.4, -0.2) is 11.2 Å². The van der Waals surface area contributed by atoms with E-state index in [9.17, 15) is 5.11 Å². The monoisotopic (exact) mass is 268 g/mol. The third-order valence-electron chi connectivity index (χ3n) is 4.95. The average Bonchev–Trinajstić information content (AvgIpc) is 2.42. The van der Waals surface area contributed by atoms with Crippen molar-refractivity contribution in [3.63, 3.8) is 0 Å². The Morgan fingerprint density at radius 1 is 0.789 bits per heavy atom. The molecule has 19 heavy (non-hydrogen) atoms. The van der Waals surface area contributed by atoms with Crippen molar-refractivity contribution in [1.29, 1.82) is 0 Å². The summed E-state index contributed by atoms with van der Waals surface area (Å²) in [5.74, 6) is 1.53. The lowest BCUT2D eigenvalue weighted by Gasteiger charge is -2.33. The molecule has 0 aromatic rings. The molecule has 0 radical (unpaired) electrons. The molecule has 0 bridgehead atoms. The van der Waals surface area contributed by atoms with Crippen LogP contribution in [0.15, 0.2) is 0 Å². The summed E-state index contributed by atoms with van der Waals surface area (Å²) in [6.45, 7) is 4.55. The van der Waals surface area contributed by atoms with Gasteiger partial charge in [0, 0.05) is 0 Å². The number of aliphatic hydroxyl groups excluding tert-OH is 1. The van der Waals surface area contributed by atoms with Gasteiger partial charge in [0.05, 0.1) is 6.10 Å². The van der Waals surface area contributed by atoms with E-state index in [0.29, 0.717) is 5.92 Å². The molecular formula is C18H36O. The van der Waals surface area contributed by atoms with Gasteiger partial charge in [-0.05, 0) is 37.5 Å². The molecule has 0 aromatic heterocycles. The molecule has 1 aliphatic carbocycles. The quantitative estimate of drug-likeness (QED) is 0.503. The highest BCUT2D eigenvalue weighted by Crippen LogP contribution is 2.35. The fourth-order valence-corrected chi connectivity index (χ4v) is 3.61. The molecule has 1 N–H and O–H groups in total. The fraction of sp³-hybridized carbons (Fsp3) is 1.00. The molecule has 0 spiro atoms. The van der Waals surface area contributed by atoms with E-state index >= 15 is 0 Å². The lowest BCUT2D eigenvalue weighted by atomic mass is 9.75. The Hall–Kier alpha value is -0.0400.